The standard InChI is InChI=1S/C6H14NO9P/c7-2-3(9)4(10)6(1-8,15-5(2)11)16-17(12,13)14/h2-5,8-11H,1,7H2,(H2,12,13,14)/t2-,3-,4+,5-,6-/m1/s1. The van der Waals surface area contributed by atoms with Gasteiger partial charge < -0.3 is 40.7 Å². The molecular weight excluding hydrogens is 261 g/mol. The van der Waals surface area contributed by atoms with E-state index in [2.05, 4.69) is 9.26 Å². The van der Waals surface area contributed by atoms with Gasteiger partial charge in [0, 0.05) is 0 Å². The fourth-order valence-corrected chi connectivity index (χ4v) is 2.04. The van der Waals surface area contributed by atoms with E-state index in [9.17, 15) is 19.9 Å². The molecule has 1 aliphatic heterocycles. The van der Waals surface area contributed by atoms with E-state index >= 15 is 0 Å². The molecule has 0 radical (unpaired) electrons. The van der Waals surface area contributed by atoms with Crippen LogP contribution in [0.25, 0.3) is 0 Å². The zero-order valence-electron chi connectivity index (χ0n) is 8.45. The van der Waals surface area contributed by atoms with E-state index in [0.717, 1.165) is 0 Å². The molecule has 5 atom stereocenters. The number of ether oxygens (including phenoxy) is 1. The number of phosphoric acid groups is 1. The van der Waals surface area contributed by atoms with E-state index < -0.39 is 44.8 Å². The normalized spacial score (nSPS) is 43.7. The van der Waals surface area contributed by atoms with Gasteiger partial charge in [0.05, 0.1) is 6.04 Å². The highest BCUT2D eigenvalue weighted by Gasteiger charge is 2.56. The predicted octanol–water partition coefficient (Wildman–Crippen LogP) is -3.82. The van der Waals surface area contributed by atoms with Gasteiger partial charge in [-0.1, -0.05) is 0 Å². The minimum Gasteiger partial charge on any atom is -0.391 e. The van der Waals surface area contributed by atoms with E-state index in [1.807, 2.05) is 0 Å². The molecule has 0 spiro atoms. The Labute approximate surface area is 95.4 Å². The van der Waals surface area contributed by atoms with Gasteiger partial charge in [-0.2, -0.15) is 0 Å². The quantitative estimate of drug-likeness (QED) is 0.252. The third-order valence-corrected chi connectivity index (χ3v) is 2.86. The predicted molar refractivity (Wildman–Crippen MR) is 50.0 cm³/mol. The van der Waals surface area contributed by atoms with Crippen LogP contribution in [-0.4, -0.2) is 67.1 Å². The van der Waals surface area contributed by atoms with Crippen molar-refractivity contribution in [3.8, 4) is 0 Å². The average molecular weight is 275 g/mol. The second-order valence-electron chi connectivity index (χ2n) is 3.57. The van der Waals surface area contributed by atoms with Gasteiger partial charge in [0.1, 0.15) is 18.8 Å². The first-order valence-electron chi connectivity index (χ1n) is 4.48. The molecule has 11 heteroatoms. The summed E-state index contributed by atoms with van der Waals surface area (Å²) in [7, 11) is -5.13. The lowest BCUT2D eigenvalue weighted by Gasteiger charge is -2.45. The van der Waals surface area contributed by atoms with Crippen molar-refractivity contribution in [1.29, 1.82) is 0 Å². The summed E-state index contributed by atoms with van der Waals surface area (Å²) < 4.78 is 19.3. The Morgan fingerprint density at radius 2 is 1.88 bits per heavy atom. The molecule has 0 saturated carbocycles. The van der Waals surface area contributed by atoms with Crippen molar-refractivity contribution in [2.45, 2.75) is 30.3 Å². The highest BCUT2D eigenvalue weighted by Crippen LogP contribution is 2.45. The first-order valence-corrected chi connectivity index (χ1v) is 6.01. The molecular formula is C6H14NO9P. The fraction of sp³-hybridized carbons (Fsp3) is 1.00. The number of hydrogen-bond acceptors (Lipinski definition) is 8. The van der Waals surface area contributed by atoms with E-state index in [4.69, 9.17) is 20.6 Å². The van der Waals surface area contributed by atoms with Crippen LogP contribution in [0.1, 0.15) is 0 Å². The molecule has 0 unspecified atom stereocenters. The minimum atomic E-state index is -5.13. The van der Waals surface area contributed by atoms with Gasteiger partial charge in [-0.05, 0) is 0 Å². The van der Waals surface area contributed by atoms with Crippen LogP contribution in [0.5, 0.6) is 0 Å². The van der Waals surface area contributed by atoms with Crippen LogP contribution in [0.15, 0.2) is 0 Å². The van der Waals surface area contributed by atoms with Crippen molar-refractivity contribution in [2.75, 3.05) is 6.61 Å². The first-order chi connectivity index (χ1) is 7.63. The van der Waals surface area contributed by atoms with Gasteiger partial charge in [-0.15, -0.1) is 0 Å². The molecule has 10 nitrogen and oxygen atoms in total. The Hall–Kier alpha value is -0.130. The maximum absolute atomic E-state index is 10.7. The second kappa shape index (κ2) is 4.86. The van der Waals surface area contributed by atoms with Crippen molar-refractivity contribution in [3.63, 3.8) is 0 Å². The summed E-state index contributed by atoms with van der Waals surface area (Å²) in [4.78, 5) is 17.2. The zero-order valence-corrected chi connectivity index (χ0v) is 9.34. The molecule has 0 bridgehead atoms. The number of aliphatic hydroxyl groups is 4. The number of phosphoric ester groups is 1. The Kier molecular flexibility index (Phi) is 4.27. The monoisotopic (exact) mass is 275 g/mol. The van der Waals surface area contributed by atoms with Crippen molar-refractivity contribution < 1.29 is 44.0 Å². The summed E-state index contributed by atoms with van der Waals surface area (Å²) in [6, 6.07) is -1.41. The van der Waals surface area contributed by atoms with Gasteiger partial charge in [-0.25, -0.2) is 9.09 Å². The van der Waals surface area contributed by atoms with Gasteiger partial charge in [-0.3, -0.25) is 0 Å². The highest BCUT2D eigenvalue weighted by molar-refractivity contribution is 7.46. The number of hydrogen-bond donors (Lipinski definition) is 7. The molecule has 1 fully saturated rings. The smallest absolute Gasteiger partial charge is 0.391 e. The Morgan fingerprint density at radius 1 is 1.35 bits per heavy atom. The molecule has 0 aromatic heterocycles. The Balaban J connectivity index is 3.02. The van der Waals surface area contributed by atoms with Crippen LogP contribution in [0.4, 0.5) is 0 Å². The summed E-state index contributed by atoms with van der Waals surface area (Å²) in [5.74, 6) is -2.65. The third kappa shape index (κ3) is 3.01. The molecule has 102 valence electrons. The minimum absolute atomic E-state index is 1.21. The van der Waals surface area contributed by atoms with E-state index in [-0.39, 0.29) is 0 Å². The lowest BCUT2D eigenvalue weighted by atomic mass is 9.95. The SMILES string of the molecule is N[C@@H]1[C@@H](O)[C@H](O)[C@@](CO)(OP(=O)(O)O)O[C@H]1O. The van der Waals surface area contributed by atoms with Crippen LogP contribution < -0.4 is 5.73 Å². The van der Waals surface area contributed by atoms with Crippen molar-refractivity contribution in [1.82, 2.24) is 0 Å². The van der Waals surface area contributed by atoms with Crippen LogP contribution in [0.2, 0.25) is 0 Å². The van der Waals surface area contributed by atoms with Crippen LogP contribution in [0.3, 0.4) is 0 Å². The third-order valence-electron chi connectivity index (χ3n) is 2.31. The average Bonchev–Trinajstić information content (AvgIpc) is 2.21. The fourth-order valence-electron chi connectivity index (χ4n) is 1.43. The van der Waals surface area contributed by atoms with Crippen LogP contribution in [-0.2, 0) is 13.8 Å². The molecule has 8 N–H and O–H groups in total. The number of aliphatic hydroxyl groups excluding tert-OH is 4. The molecule has 0 amide bonds. The van der Waals surface area contributed by atoms with Crippen molar-refractivity contribution >= 4 is 7.82 Å². The van der Waals surface area contributed by atoms with E-state index in [0.29, 0.717) is 0 Å². The Bertz CT molecular complexity index is 321. The molecule has 1 rings (SSSR count). The molecule has 1 saturated heterocycles. The lowest BCUT2D eigenvalue weighted by molar-refractivity contribution is -0.362. The molecule has 1 aliphatic rings. The topological polar surface area (TPSA) is 183 Å². The summed E-state index contributed by atoms with van der Waals surface area (Å²) in [5.41, 5.74) is 5.24. The Morgan fingerprint density at radius 3 is 2.29 bits per heavy atom. The summed E-state index contributed by atoms with van der Waals surface area (Å²) in [6.45, 7) is -1.21. The van der Waals surface area contributed by atoms with Crippen molar-refractivity contribution in [2.24, 2.45) is 5.73 Å². The van der Waals surface area contributed by atoms with Gasteiger partial charge in [0.2, 0.25) is 5.79 Å². The summed E-state index contributed by atoms with van der Waals surface area (Å²) in [6.07, 6.45) is -5.71. The van der Waals surface area contributed by atoms with Gasteiger partial charge >= 0.3 is 7.82 Å². The number of rotatable bonds is 3. The molecule has 1 heterocycles. The van der Waals surface area contributed by atoms with Gasteiger partial charge in [0.25, 0.3) is 0 Å². The van der Waals surface area contributed by atoms with E-state index in [1.54, 1.807) is 0 Å². The summed E-state index contributed by atoms with van der Waals surface area (Å²) in [5, 5.41) is 37.2. The molecule has 0 aromatic carbocycles. The molecule has 0 aromatic rings. The number of nitrogens with two attached hydrogens (primary N) is 1. The van der Waals surface area contributed by atoms with Crippen molar-refractivity contribution in [3.05, 3.63) is 0 Å². The lowest BCUT2D eigenvalue weighted by Crippen LogP contribution is -2.68. The first kappa shape index (κ1) is 14.9. The van der Waals surface area contributed by atoms with Gasteiger partial charge in [0.15, 0.2) is 6.29 Å². The van der Waals surface area contributed by atoms with Crippen LogP contribution >= 0.6 is 7.82 Å². The maximum atomic E-state index is 10.7. The zero-order chi connectivity index (χ0) is 13.4. The van der Waals surface area contributed by atoms with E-state index in [1.165, 1.54) is 0 Å². The highest BCUT2D eigenvalue weighted by atomic mass is 31.2. The molecule has 0 aliphatic carbocycles. The largest absolute Gasteiger partial charge is 0.472 e. The molecule has 17 heavy (non-hydrogen) atoms. The maximum Gasteiger partial charge on any atom is 0.472 e. The second-order valence-corrected chi connectivity index (χ2v) is 4.74. The van der Waals surface area contributed by atoms with Crippen LogP contribution in [0, 0.1) is 0 Å². The summed E-state index contributed by atoms with van der Waals surface area (Å²) >= 11 is 0.